The number of nitrogens with one attached hydrogen (secondary N) is 1. The molecule has 1 aliphatic heterocycles. The fourth-order valence-electron chi connectivity index (χ4n) is 4.83. The first-order valence-corrected chi connectivity index (χ1v) is 10.2. The van der Waals surface area contributed by atoms with Gasteiger partial charge in [0.05, 0.1) is 0 Å². The molecule has 1 aromatic rings. The van der Waals surface area contributed by atoms with E-state index in [-0.39, 0.29) is 0 Å². The van der Waals surface area contributed by atoms with E-state index in [0.29, 0.717) is 11.6 Å². The molecular weight excluding hydrogens is 306 g/mol. The van der Waals surface area contributed by atoms with Crippen LogP contribution in [0.3, 0.4) is 0 Å². The van der Waals surface area contributed by atoms with E-state index in [4.69, 9.17) is 0 Å². The van der Waals surface area contributed by atoms with Gasteiger partial charge in [-0.25, -0.2) is 0 Å². The normalized spacial score (nSPS) is 29.2. The van der Waals surface area contributed by atoms with Crippen LogP contribution in [0.2, 0.25) is 0 Å². The number of benzene rings is 1. The van der Waals surface area contributed by atoms with Gasteiger partial charge in [-0.2, -0.15) is 0 Å². The second-order valence-electron chi connectivity index (χ2n) is 8.74. The molecule has 140 valence electrons. The topological polar surface area (TPSA) is 18.5 Å². The lowest BCUT2D eigenvalue weighted by Gasteiger charge is -2.46. The molecule has 1 aliphatic carbocycles. The van der Waals surface area contributed by atoms with Crippen molar-refractivity contribution in [2.24, 2.45) is 5.92 Å². The summed E-state index contributed by atoms with van der Waals surface area (Å²) in [4.78, 5) is 5.11. The van der Waals surface area contributed by atoms with Crippen LogP contribution < -0.4 is 5.32 Å². The van der Waals surface area contributed by atoms with Crippen LogP contribution in [-0.2, 0) is 6.54 Å². The molecule has 0 radical (unpaired) electrons. The van der Waals surface area contributed by atoms with Crippen molar-refractivity contribution < 1.29 is 0 Å². The van der Waals surface area contributed by atoms with Crippen molar-refractivity contribution in [3.63, 3.8) is 0 Å². The van der Waals surface area contributed by atoms with Gasteiger partial charge in [0.15, 0.2) is 0 Å². The van der Waals surface area contributed by atoms with Crippen LogP contribution in [0.4, 0.5) is 0 Å². The first kappa shape index (κ1) is 18.9. The van der Waals surface area contributed by atoms with Gasteiger partial charge in [-0.1, -0.05) is 50.1 Å². The zero-order valence-electron chi connectivity index (χ0n) is 16.5. The van der Waals surface area contributed by atoms with Crippen molar-refractivity contribution >= 4 is 0 Å². The number of piperidine rings is 1. The second kappa shape index (κ2) is 8.66. The van der Waals surface area contributed by atoms with Gasteiger partial charge in [0.25, 0.3) is 0 Å². The first-order chi connectivity index (χ1) is 12.1. The highest BCUT2D eigenvalue weighted by Crippen LogP contribution is 2.35. The number of likely N-dealkylation sites (tertiary alicyclic amines) is 1. The Morgan fingerprint density at radius 1 is 1.12 bits per heavy atom. The summed E-state index contributed by atoms with van der Waals surface area (Å²) in [6, 6.07) is 11.6. The van der Waals surface area contributed by atoms with Crippen molar-refractivity contribution in [3.05, 3.63) is 35.9 Å². The highest BCUT2D eigenvalue weighted by Gasteiger charge is 2.37. The molecule has 1 heterocycles. The molecule has 0 spiro atoms. The summed E-state index contributed by atoms with van der Waals surface area (Å²) in [6.07, 6.45) is 8.06. The van der Waals surface area contributed by atoms with Gasteiger partial charge in [-0.15, -0.1) is 0 Å². The molecule has 0 bridgehead atoms. The Morgan fingerprint density at radius 3 is 2.48 bits per heavy atom. The molecule has 0 aromatic heterocycles. The van der Waals surface area contributed by atoms with Gasteiger partial charge in [-0.3, -0.25) is 4.90 Å². The van der Waals surface area contributed by atoms with Crippen LogP contribution in [0.15, 0.2) is 30.3 Å². The highest BCUT2D eigenvalue weighted by atomic mass is 15.2. The Hall–Kier alpha value is -0.900. The van der Waals surface area contributed by atoms with Crippen LogP contribution in [0.5, 0.6) is 0 Å². The summed E-state index contributed by atoms with van der Waals surface area (Å²) in [6.45, 7) is 7.13. The maximum atomic E-state index is 3.95. The lowest BCUT2D eigenvalue weighted by molar-refractivity contribution is 0.0680. The van der Waals surface area contributed by atoms with Crippen molar-refractivity contribution in [2.45, 2.75) is 63.6 Å². The van der Waals surface area contributed by atoms with Crippen molar-refractivity contribution in [2.75, 3.05) is 33.7 Å². The summed E-state index contributed by atoms with van der Waals surface area (Å²) in [7, 11) is 4.56. The average Bonchev–Trinajstić information content (AvgIpc) is 2.62. The highest BCUT2D eigenvalue weighted by molar-refractivity contribution is 5.14. The average molecular weight is 344 g/mol. The van der Waals surface area contributed by atoms with Gasteiger partial charge >= 0.3 is 0 Å². The fourth-order valence-corrected chi connectivity index (χ4v) is 4.83. The van der Waals surface area contributed by atoms with Gasteiger partial charge in [-0.05, 0) is 64.3 Å². The molecule has 3 heteroatoms. The Labute approximate surface area is 154 Å². The SMILES string of the molecule is CC1CCCC(CNC2CCN(Cc3ccccc3)CC2)(N(C)C)C1. The molecule has 2 unspecified atom stereocenters. The summed E-state index contributed by atoms with van der Waals surface area (Å²) in [5, 5.41) is 3.95. The fraction of sp³-hybridized carbons (Fsp3) is 0.727. The monoisotopic (exact) mass is 343 g/mol. The molecule has 1 aromatic carbocycles. The minimum Gasteiger partial charge on any atom is -0.312 e. The molecule has 1 N–H and O–H groups in total. The van der Waals surface area contributed by atoms with E-state index in [0.717, 1.165) is 19.0 Å². The Morgan fingerprint density at radius 2 is 1.84 bits per heavy atom. The number of hydrogen-bond acceptors (Lipinski definition) is 3. The minimum absolute atomic E-state index is 0.374. The zero-order chi connectivity index (χ0) is 17.7. The van der Waals surface area contributed by atoms with Crippen molar-refractivity contribution in [1.29, 1.82) is 0 Å². The molecule has 25 heavy (non-hydrogen) atoms. The first-order valence-electron chi connectivity index (χ1n) is 10.2. The Kier molecular flexibility index (Phi) is 6.54. The predicted molar refractivity (Wildman–Crippen MR) is 107 cm³/mol. The molecule has 2 fully saturated rings. The van der Waals surface area contributed by atoms with Crippen LogP contribution in [0.25, 0.3) is 0 Å². The third kappa shape index (κ3) is 5.06. The van der Waals surface area contributed by atoms with E-state index in [9.17, 15) is 0 Å². The maximum Gasteiger partial charge on any atom is 0.0330 e. The van der Waals surface area contributed by atoms with E-state index in [2.05, 4.69) is 66.5 Å². The minimum atomic E-state index is 0.374. The Bertz CT molecular complexity index is 507. The van der Waals surface area contributed by atoms with Gasteiger partial charge < -0.3 is 10.2 Å². The molecule has 3 rings (SSSR count). The summed E-state index contributed by atoms with van der Waals surface area (Å²) < 4.78 is 0. The standard InChI is InChI=1S/C22H37N3/c1-19-8-7-13-22(16-19,24(2)3)18-23-21-11-14-25(15-12-21)17-20-9-5-4-6-10-20/h4-6,9-10,19,21,23H,7-8,11-18H2,1-3H3. The smallest absolute Gasteiger partial charge is 0.0330 e. The Balaban J connectivity index is 1.45. The van der Waals surface area contributed by atoms with Crippen LogP contribution in [0.1, 0.15) is 51.0 Å². The summed E-state index contributed by atoms with van der Waals surface area (Å²) in [5.74, 6) is 0.866. The van der Waals surface area contributed by atoms with Gasteiger partial charge in [0.2, 0.25) is 0 Å². The summed E-state index contributed by atoms with van der Waals surface area (Å²) in [5.41, 5.74) is 1.82. The number of likely N-dealkylation sites (N-methyl/N-ethyl adjacent to an activating group) is 1. The molecule has 1 saturated carbocycles. The number of hydrogen-bond donors (Lipinski definition) is 1. The molecule has 3 nitrogen and oxygen atoms in total. The van der Waals surface area contributed by atoms with Crippen molar-refractivity contribution in [3.8, 4) is 0 Å². The molecule has 1 saturated heterocycles. The van der Waals surface area contributed by atoms with E-state index < -0.39 is 0 Å². The van der Waals surface area contributed by atoms with E-state index in [1.807, 2.05) is 0 Å². The summed E-state index contributed by atoms with van der Waals surface area (Å²) >= 11 is 0. The van der Waals surface area contributed by atoms with Crippen LogP contribution in [0, 0.1) is 5.92 Å². The quantitative estimate of drug-likeness (QED) is 0.849. The molecular formula is C22H37N3. The molecule has 0 amide bonds. The largest absolute Gasteiger partial charge is 0.312 e. The maximum absolute atomic E-state index is 3.95. The van der Waals surface area contributed by atoms with Crippen molar-refractivity contribution in [1.82, 2.24) is 15.1 Å². The van der Waals surface area contributed by atoms with Crippen LogP contribution in [-0.4, -0.2) is 55.1 Å². The molecule has 2 atom stereocenters. The second-order valence-corrected chi connectivity index (χ2v) is 8.74. The third-order valence-electron chi connectivity index (χ3n) is 6.57. The van der Waals surface area contributed by atoms with Gasteiger partial charge in [0, 0.05) is 24.7 Å². The van der Waals surface area contributed by atoms with Crippen LogP contribution >= 0.6 is 0 Å². The lowest BCUT2D eigenvalue weighted by atomic mass is 9.75. The lowest BCUT2D eigenvalue weighted by Crippen LogP contribution is -2.56. The number of nitrogens with zero attached hydrogens (tertiary/aromatic N) is 2. The van der Waals surface area contributed by atoms with E-state index >= 15 is 0 Å². The molecule has 2 aliphatic rings. The predicted octanol–water partition coefficient (Wildman–Crippen LogP) is 3.75. The van der Waals surface area contributed by atoms with E-state index in [1.54, 1.807) is 0 Å². The number of rotatable bonds is 6. The van der Waals surface area contributed by atoms with Gasteiger partial charge in [0.1, 0.15) is 0 Å². The third-order valence-corrected chi connectivity index (χ3v) is 6.57. The van der Waals surface area contributed by atoms with E-state index in [1.165, 1.54) is 57.2 Å². The zero-order valence-corrected chi connectivity index (χ0v) is 16.5.